The Labute approximate surface area is 352 Å². The monoisotopic (exact) mass is 830 g/mol. The average Bonchev–Trinajstić information content (AvgIpc) is 3.27. The Kier molecular flexibility index (Phi) is 16.5. The molecule has 0 aromatic heterocycles. The SMILES string of the molecule is C=CCOC12Oc3ccc(OCc4ccccc4F)cc3C3C(CCCCO)C(CCCCO)C=C(C(=NOCc4ccccc4)CC1N(CCOCCO)C(=O)OC)C32. The van der Waals surface area contributed by atoms with E-state index in [1.165, 1.54) is 13.2 Å². The van der Waals surface area contributed by atoms with Crippen molar-refractivity contribution in [1.82, 2.24) is 4.90 Å². The molecule has 3 aliphatic rings. The number of rotatable bonds is 23. The summed E-state index contributed by atoms with van der Waals surface area (Å²) in [5.74, 6) is -1.60. The van der Waals surface area contributed by atoms with Crippen LogP contribution < -0.4 is 9.47 Å². The predicted molar refractivity (Wildman–Crippen MR) is 224 cm³/mol. The van der Waals surface area contributed by atoms with Crippen LogP contribution >= 0.6 is 0 Å². The fourth-order valence-electron chi connectivity index (χ4n) is 9.09. The highest BCUT2D eigenvalue weighted by atomic mass is 19.1. The van der Waals surface area contributed by atoms with E-state index in [-0.39, 0.29) is 89.4 Å². The number of methoxy groups -OCH3 is 1. The van der Waals surface area contributed by atoms with Crippen LogP contribution in [0.2, 0.25) is 0 Å². The van der Waals surface area contributed by atoms with Crippen LogP contribution in [0.4, 0.5) is 9.18 Å². The summed E-state index contributed by atoms with van der Waals surface area (Å²) in [4.78, 5) is 21.6. The normalized spacial score (nSPS) is 23.4. The van der Waals surface area contributed by atoms with Crippen molar-refractivity contribution in [3.63, 3.8) is 0 Å². The third-order valence-electron chi connectivity index (χ3n) is 11.7. The minimum atomic E-state index is -1.50. The van der Waals surface area contributed by atoms with Crippen molar-refractivity contribution in [2.75, 3.05) is 53.3 Å². The molecule has 1 fully saturated rings. The number of hydrogen-bond acceptors (Lipinski definition) is 11. The van der Waals surface area contributed by atoms with Crippen molar-refractivity contribution in [1.29, 1.82) is 0 Å². The maximum absolute atomic E-state index is 14.7. The van der Waals surface area contributed by atoms with E-state index >= 15 is 0 Å². The molecule has 1 heterocycles. The lowest BCUT2D eigenvalue weighted by molar-refractivity contribution is -0.256. The average molecular weight is 831 g/mol. The molecule has 12 nitrogen and oxygen atoms in total. The lowest BCUT2D eigenvalue weighted by Gasteiger charge is -2.59. The Bertz CT molecular complexity index is 1910. The minimum Gasteiger partial charge on any atom is -0.489 e. The fraction of sp³-hybridized carbons (Fsp3) is 0.489. The molecule has 60 heavy (non-hydrogen) atoms. The molecule has 0 saturated heterocycles. The summed E-state index contributed by atoms with van der Waals surface area (Å²) in [5, 5.41) is 34.1. The molecule has 1 aliphatic heterocycles. The van der Waals surface area contributed by atoms with Gasteiger partial charge in [0.05, 0.1) is 45.2 Å². The van der Waals surface area contributed by atoms with E-state index in [9.17, 15) is 24.5 Å². The van der Waals surface area contributed by atoms with Gasteiger partial charge in [-0.25, -0.2) is 9.18 Å². The zero-order valence-electron chi connectivity index (χ0n) is 34.5. The number of unbranched alkanes of at least 4 members (excludes halogenated alkanes) is 2. The number of nitrogens with zero attached hydrogens (tertiary/aromatic N) is 2. The standard InChI is InChI=1S/C47H59FN2O10/c1-3-25-58-47-43(50(46(54)55-2)21-26-56-27-24-53)30-41(49-59-31-33-13-5-4-6-14-33)38-28-34(15-9-11-22-51)37(17-10-12-23-52)44(45(38)47)39-29-36(19-20-42(39)60-47)57-32-35-16-7-8-18-40(35)48/h3-8,13-14,16,18-20,28-29,34,37,43-45,51-53H,1,9-12,15,17,21-27,30-32H2,2H3. The Balaban J connectivity index is 1.55. The second-order valence-corrected chi connectivity index (χ2v) is 15.4. The van der Waals surface area contributed by atoms with E-state index in [2.05, 4.69) is 12.7 Å². The van der Waals surface area contributed by atoms with Gasteiger partial charge in [-0.15, -0.1) is 6.58 Å². The summed E-state index contributed by atoms with van der Waals surface area (Å²) in [6.45, 7) is 4.55. The number of halogens is 1. The molecular weight excluding hydrogens is 772 g/mol. The van der Waals surface area contributed by atoms with Crippen molar-refractivity contribution in [3.05, 3.63) is 120 Å². The van der Waals surface area contributed by atoms with Gasteiger partial charge in [0.25, 0.3) is 0 Å². The van der Waals surface area contributed by atoms with Crippen LogP contribution in [-0.2, 0) is 32.3 Å². The largest absolute Gasteiger partial charge is 0.489 e. The van der Waals surface area contributed by atoms with Crippen LogP contribution in [0.25, 0.3) is 0 Å². The summed E-state index contributed by atoms with van der Waals surface area (Å²) in [7, 11) is 1.32. The van der Waals surface area contributed by atoms with Gasteiger partial charge in [0, 0.05) is 43.2 Å². The van der Waals surface area contributed by atoms with Crippen molar-refractivity contribution in [3.8, 4) is 11.5 Å². The summed E-state index contributed by atoms with van der Waals surface area (Å²) in [5.41, 5.74) is 3.75. The first kappa shape index (κ1) is 44.8. The van der Waals surface area contributed by atoms with Gasteiger partial charge in [-0.05, 0) is 72.9 Å². The summed E-state index contributed by atoms with van der Waals surface area (Å²) in [6, 6.07) is 21.1. The van der Waals surface area contributed by atoms with Crippen molar-refractivity contribution in [2.45, 2.75) is 75.9 Å². The van der Waals surface area contributed by atoms with Crippen LogP contribution in [0.15, 0.2) is 102 Å². The highest BCUT2D eigenvalue weighted by Gasteiger charge is 2.65. The Hall–Kier alpha value is -4.79. The molecule has 13 heteroatoms. The van der Waals surface area contributed by atoms with Crippen LogP contribution in [-0.4, -0.2) is 97.1 Å². The molecule has 1 amide bonds. The minimum absolute atomic E-state index is 0.00938. The van der Waals surface area contributed by atoms with Gasteiger partial charge in [0.2, 0.25) is 5.79 Å². The van der Waals surface area contributed by atoms with Crippen LogP contribution in [0.1, 0.15) is 67.6 Å². The summed E-state index contributed by atoms with van der Waals surface area (Å²) in [6.07, 6.45) is 7.83. The number of amides is 1. The molecular formula is C47H59FN2O10. The molecule has 0 radical (unpaired) electrons. The van der Waals surface area contributed by atoms with E-state index in [0.717, 1.165) is 42.4 Å². The smallest absolute Gasteiger partial charge is 0.410 e. The highest BCUT2D eigenvalue weighted by Crippen LogP contribution is 2.62. The maximum atomic E-state index is 14.7. The van der Waals surface area contributed by atoms with Crippen LogP contribution in [0.3, 0.4) is 0 Å². The quantitative estimate of drug-likeness (QED) is 0.0505. The van der Waals surface area contributed by atoms with Gasteiger partial charge in [-0.1, -0.05) is 78.7 Å². The first-order valence-corrected chi connectivity index (χ1v) is 21.0. The van der Waals surface area contributed by atoms with Gasteiger partial charge in [0.1, 0.15) is 36.6 Å². The fourth-order valence-corrected chi connectivity index (χ4v) is 9.09. The molecule has 0 bridgehead atoms. The van der Waals surface area contributed by atoms with E-state index in [0.29, 0.717) is 35.6 Å². The third kappa shape index (κ3) is 10.4. The number of hydrogen-bond donors (Lipinski definition) is 3. The Morgan fingerprint density at radius 2 is 1.73 bits per heavy atom. The molecule has 6 rings (SSSR count). The molecule has 324 valence electrons. The molecule has 6 unspecified atom stereocenters. The molecule has 6 atom stereocenters. The number of allylic oxidation sites excluding steroid dienone is 1. The van der Waals surface area contributed by atoms with Crippen molar-refractivity contribution < 1.29 is 53.0 Å². The second kappa shape index (κ2) is 22.2. The molecule has 1 saturated carbocycles. The van der Waals surface area contributed by atoms with E-state index < -0.39 is 23.8 Å². The lowest BCUT2D eigenvalue weighted by Crippen LogP contribution is -2.70. The zero-order chi connectivity index (χ0) is 42.3. The number of aliphatic hydroxyl groups is 3. The summed E-state index contributed by atoms with van der Waals surface area (Å²) >= 11 is 0. The van der Waals surface area contributed by atoms with Crippen LogP contribution in [0, 0.1) is 23.6 Å². The molecule has 0 spiro atoms. The van der Waals surface area contributed by atoms with Crippen molar-refractivity contribution in [2.24, 2.45) is 22.9 Å². The number of oxime groups is 1. The van der Waals surface area contributed by atoms with E-state index in [4.69, 9.17) is 33.7 Å². The Morgan fingerprint density at radius 1 is 0.967 bits per heavy atom. The first-order valence-electron chi connectivity index (χ1n) is 21.0. The highest BCUT2D eigenvalue weighted by molar-refractivity contribution is 6.03. The molecule has 3 aromatic rings. The molecule has 2 aliphatic carbocycles. The number of benzene rings is 3. The van der Waals surface area contributed by atoms with E-state index in [1.54, 1.807) is 35.2 Å². The maximum Gasteiger partial charge on any atom is 0.410 e. The van der Waals surface area contributed by atoms with Gasteiger partial charge >= 0.3 is 6.09 Å². The number of fused-ring (bicyclic) bond motifs is 2. The first-order chi connectivity index (χ1) is 29.4. The lowest BCUT2D eigenvalue weighted by atomic mass is 9.55. The molecule has 3 N–H and O–H groups in total. The topological polar surface area (TPSA) is 149 Å². The third-order valence-corrected chi connectivity index (χ3v) is 11.7. The molecule has 3 aromatic carbocycles. The van der Waals surface area contributed by atoms with Gasteiger partial charge in [-0.2, -0.15) is 0 Å². The predicted octanol–water partition coefficient (Wildman–Crippen LogP) is 7.32. The number of carbonyl (C=O) groups excluding carboxylic acids is 1. The Morgan fingerprint density at radius 3 is 2.47 bits per heavy atom. The van der Waals surface area contributed by atoms with Crippen molar-refractivity contribution >= 4 is 11.8 Å². The number of ether oxygens (including phenoxy) is 5. The summed E-state index contributed by atoms with van der Waals surface area (Å²) < 4.78 is 46.3. The number of carbonyl (C=O) groups is 1. The second-order valence-electron chi connectivity index (χ2n) is 15.4. The van der Waals surface area contributed by atoms with E-state index in [1.807, 2.05) is 42.5 Å². The van der Waals surface area contributed by atoms with Gasteiger partial charge in [0.15, 0.2) is 0 Å². The zero-order valence-corrected chi connectivity index (χ0v) is 34.5. The number of aliphatic hydroxyl groups excluding tert-OH is 3. The van der Waals surface area contributed by atoms with Gasteiger partial charge in [-0.3, -0.25) is 4.90 Å². The van der Waals surface area contributed by atoms with Crippen LogP contribution in [0.5, 0.6) is 11.5 Å². The van der Waals surface area contributed by atoms with Gasteiger partial charge < -0.3 is 43.8 Å².